The van der Waals surface area contributed by atoms with Crippen LogP contribution in [-0.2, 0) is 10.8 Å². The fraction of sp³-hybridized carbons (Fsp3) is 0.0345. The molecule has 9 aromatic carbocycles. The summed E-state index contributed by atoms with van der Waals surface area (Å²) < 4.78 is 189. The van der Waals surface area contributed by atoms with Gasteiger partial charge in [-0.15, -0.1) is 0 Å². The quantitative estimate of drug-likeness (QED) is 0.160. The molecule has 0 radical (unpaired) electrons. The van der Waals surface area contributed by atoms with Crippen molar-refractivity contribution in [3.8, 4) is 22.3 Å². The van der Waals surface area contributed by atoms with Gasteiger partial charge in [0.2, 0.25) is 0 Å². The fourth-order valence-corrected chi connectivity index (χ4v) is 9.43. The van der Waals surface area contributed by atoms with E-state index in [0.29, 0.717) is 38.9 Å². The topological polar surface area (TPSA) is 16.4 Å². The second-order valence-corrected chi connectivity index (χ2v) is 14.5. The predicted molar refractivity (Wildman–Crippen MR) is 246 cm³/mol. The molecule has 1 aromatic heterocycles. The molecule has 0 spiro atoms. The normalized spacial score (nSPS) is 18.6. The molecule has 0 unspecified atom stereocenters. The Morgan fingerprint density at radius 2 is 0.750 bits per heavy atom. The smallest absolute Gasteiger partial charge is 0.133 e. The van der Waals surface area contributed by atoms with Crippen LogP contribution in [0.5, 0.6) is 0 Å². The maximum absolute atomic E-state index is 9.59. The Morgan fingerprint density at radius 1 is 0.367 bits per heavy atom. The molecule has 2 heteroatoms. The third kappa shape index (κ3) is 4.82. The van der Waals surface area contributed by atoms with Crippen LogP contribution in [0.3, 0.4) is 0 Å². The Kier molecular flexibility index (Phi) is 4.45. The molecule has 60 heavy (non-hydrogen) atoms. The summed E-state index contributed by atoms with van der Waals surface area (Å²) in [5, 5.41) is 0.634. The van der Waals surface area contributed by atoms with E-state index in [1.54, 1.807) is 114 Å². The zero-order valence-corrected chi connectivity index (χ0v) is 31.3. The summed E-state index contributed by atoms with van der Waals surface area (Å²) in [4.78, 5) is 1.77. The summed E-state index contributed by atoms with van der Waals surface area (Å²) in [7, 11) is 0. The van der Waals surface area contributed by atoms with Gasteiger partial charge in [-0.2, -0.15) is 0 Å². The van der Waals surface area contributed by atoms with E-state index in [2.05, 4.69) is 0 Å². The first kappa shape index (κ1) is 19.8. The monoisotopic (exact) mass is 785 g/mol. The van der Waals surface area contributed by atoms with Gasteiger partial charge >= 0.3 is 0 Å². The summed E-state index contributed by atoms with van der Waals surface area (Å²) >= 11 is 0. The molecule has 0 fully saturated rings. The van der Waals surface area contributed by atoms with E-state index in [-0.39, 0.29) is 55.9 Å². The summed E-state index contributed by atoms with van der Waals surface area (Å²) in [6.45, 7) is 0. The van der Waals surface area contributed by atoms with E-state index >= 15 is 0 Å². The maximum atomic E-state index is 9.59. The van der Waals surface area contributed by atoms with Crippen molar-refractivity contribution < 1.29 is 31.8 Å². The molecule has 0 saturated carbocycles. The molecule has 1 heterocycles. The minimum Gasteiger partial charge on any atom is -0.464 e. The third-order valence-corrected chi connectivity index (χ3v) is 11.8. The maximum Gasteiger partial charge on any atom is 0.133 e. The van der Waals surface area contributed by atoms with Crippen LogP contribution in [0.1, 0.15) is 71.9 Å². The minimum absolute atomic E-state index is 0.170. The zero-order valence-electron chi connectivity index (χ0n) is 51.3. The molecule has 12 rings (SSSR count). The van der Waals surface area contributed by atoms with Crippen molar-refractivity contribution in [3.63, 3.8) is 0 Å². The van der Waals surface area contributed by atoms with Gasteiger partial charge in [0.15, 0.2) is 0 Å². The van der Waals surface area contributed by atoms with Crippen LogP contribution >= 0.6 is 0 Å². The van der Waals surface area contributed by atoms with Gasteiger partial charge in [0.25, 0.3) is 0 Å². The number of fused-ring (bicyclic) bond motifs is 7. The standard InChI is InChI=1S/C58H39NO/c1-5-17-41(18-6-1)57(42-19-7-2-8-20-42)52-27-15-13-25-48(52)50-32-29-46(38-54(50)57)59(45-31-34-56-40(37-45)35-36-60-56)47-30-33-51-49-26-14-16-28-53(49)58(55(51)39-47,43-21-9-3-10-22-43)44-23-11-4-12-24-44/h1-39H/i1D,2D,3D,4D,5D,6D,7D,8D,9D,10D,11D,12D,17D,18D,19D,20D,21D,22D,23D,24D. The van der Waals surface area contributed by atoms with Crippen molar-refractivity contribution in [2.75, 3.05) is 4.90 Å². The van der Waals surface area contributed by atoms with E-state index in [1.165, 1.54) is 6.26 Å². The van der Waals surface area contributed by atoms with Gasteiger partial charge in [-0.3, -0.25) is 0 Å². The van der Waals surface area contributed by atoms with Crippen LogP contribution in [0.25, 0.3) is 33.2 Å². The molecule has 2 nitrogen and oxygen atoms in total. The molecule has 0 saturated heterocycles. The third-order valence-electron chi connectivity index (χ3n) is 11.8. The first-order chi connectivity index (χ1) is 38.0. The van der Waals surface area contributed by atoms with E-state index in [4.69, 9.17) is 20.9 Å². The highest BCUT2D eigenvalue weighted by Crippen LogP contribution is 2.59. The molecule has 0 aliphatic heterocycles. The highest BCUT2D eigenvalue weighted by molar-refractivity contribution is 5.93. The van der Waals surface area contributed by atoms with E-state index in [1.807, 2.05) is 0 Å². The van der Waals surface area contributed by atoms with Crippen LogP contribution in [-0.4, -0.2) is 0 Å². The SMILES string of the molecule is [2H]c1c([2H])c([2H])c(C2(c3c([2H])c([2H])c([2H])c([2H])c3[2H])c3ccccc3-c3ccc(N(c4ccc5c(c4)C(c4c([2H])c([2H])c([2H])c([2H])c4[2H])(c4c([2H])c([2H])c([2H])c([2H])c4[2H])c4ccccc4-5)c4ccc5occc5c4)cc32)c([2H])c1[2H]. The van der Waals surface area contributed by atoms with Crippen molar-refractivity contribution in [1.29, 1.82) is 0 Å². The van der Waals surface area contributed by atoms with Crippen molar-refractivity contribution in [1.82, 2.24) is 0 Å². The fourth-order valence-electron chi connectivity index (χ4n) is 9.43. The highest BCUT2D eigenvalue weighted by atomic mass is 16.3. The lowest BCUT2D eigenvalue weighted by molar-refractivity contribution is 0.616. The lowest BCUT2D eigenvalue weighted by Gasteiger charge is -2.36. The summed E-state index contributed by atoms with van der Waals surface area (Å²) in [6, 6.07) is 16.6. The number of nitrogens with zero attached hydrogens (tertiary/aromatic N) is 1. The first-order valence-corrected chi connectivity index (χ1v) is 19.1. The molecular formula is C58H39NO. The average molecular weight is 786 g/mol. The van der Waals surface area contributed by atoms with Gasteiger partial charge in [0.1, 0.15) is 5.58 Å². The Hall–Kier alpha value is -7.68. The van der Waals surface area contributed by atoms with Gasteiger partial charge in [0, 0.05) is 22.4 Å². The summed E-state index contributed by atoms with van der Waals surface area (Å²) in [5.41, 5.74) is -1.79. The Balaban J connectivity index is 1.24. The lowest BCUT2D eigenvalue weighted by atomic mass is 9.67. The molecule has 0 bridgehead atoms. The molecule has 0 N–H and O–H groups in total. The van der Waals surface area contributed by atoms with Gasteiger partial charge < -0.3 is 9.32 Å². The molecule has 10 aromatic rings. The molecule has 2 aliphatic rings. The van der Waals surface area contributed by atoms with Crippen molar-refractivity contribution >= 4 is 28.0 Å². The van der Waals surface area contributed by atoms with Gasteiger partial charge in [-0.25, -0.2) is 0 Å². The van der Waals surface area contributed by atoms with Crippen LogP contribution in [0.2, 0.25) is 0 Å². The van der Waals surface area contributed by atoms with Crippen molar-refractivity contribution in [3.05, 3.63) is 281 Å². The highest BCUT2D eigenvalue weighted by Gasteiger charge is 2.48. The zero-order chi connectivity index (χ0) is 57.1. The Morgan fingerprint density at radius 3 is 1.20 bits per heavy atom. The van der Waals surface area contributed by atoms with Crippen LogP contribution in [0, 0.1) is 0 Å². The van der Waals surface area contributed by atoms with Crippen molar-refractivity contribution in [2.24, 2.45) is 0 Å². The predicted octanol–water partition coefficient (Wildman–Crippen LogP) is 14.6. The number of hydrogen-bond acceptors (Lipinski definition) is 2. The van der Waals surface area contributed by atoms with E-state index in [9.17, 15) is 11.0 Å². The molecule has 0 amide bonds. The number of hydrogen-bond donors (Lipinski definition) is 0. The van der Waals surface area contributed by atoms with E-state index in [0.717, 1.165) is 0 Å². The van der Waals surface area contributed by atoms with E-state index < -0.39 is 132 Å². The number of anilines is 3. The minimum atomic E-state index is -2.22. The molecular weight excluding hydrogens is 727 g/mol. The first-order valence-electron chi connectivity index (χ1n) is 29.1. The average Bonchev–Trinajstić information content (AvgIpc) is 4.18. The van der Waals surface area contributed by atoms with Crippen LogP contribution in [0.15, 0.2) is 241 Å². The van der Waals surface area contributed by atoms with Crippen molar-refractivity contribution in [2.45, 2.75) is 10.8 Å². The van der Waals surface area contributed by atoms with Crippen LogP contribution < -0.4 is 4.90 Å². The lowest BCUT2D eigenvalue weighted by Crippen LogP contribution is -2.29. The summed E-state index contributed by atoms with van der Waals surface area (Å²) in [5.74, 6) is 0. The van der Waals surface area contributed by atoms with Gasteiger partial charge in [0.05, 0.1) is 44.5 Å². The number of benzene rings is 9. The second kappa shape index (κ2) is 13.4. The molecule has 2 aliphatic carbocycles. The Bertz CT molecular complexity index is 3920. The second-order valence-electron chi connectivity index (χ2n) is 14.5. The largest absolute Gasteiger partial charge is 0.464 e. The molecule has 282 valence electrons. The van der Waals surface area contributed by atoms with Gasteiger partial charge in [-0.05, 0) is 115 Å². The number of rotatable bonds is 7. The molecule has 0 atom stereocenters. The summed E-state index contributed by atoms with van der Waals surface area (Å²) in [6.07, 6.45) is 1.50. The number of furan rings is 1. The van der Waals surface area contributed by atoms with Gasteiger partial charge in [-0.1, -0.05) is 182 Å². The Labute approximate surface area is 378 Å². The van der Waals surface area contributed by atoms with Crippen LogP contribution in [0.4, 0.5) is 17.1 Å².